The third-order valence-electron chi connectivity index (χ3n) is 3.75. The lowest BCUT2D eigenvalue weighted by atomic mass is 9.95. The van der Waals surface area contributed by atoms with E-state index in [2.05, 4.69) is 15.9 Å². The monoisotopic (exact) mass is 372 g/mol. The van der Waals surface area contributed by atoms with Crippen molar-refractivity contribution >= 4 is 39.3 Å². The summed E-state index contributed by atoms with van der Waals surface area (Å²) in [4.78, 5) is 27.8. The molecule has 0 aromatic heterocycles. The fourth-order valence-corrected chi connectivity index (χ4v) is 3.11. The number of likely N-dealkylation sites (tertiary alicyclic amines) is 1. The molecule has 114 valence electrons. The van der Waals surface area contributed by atoms with Crippen LogP contribution in [-0.4, -0.2) is 48.8 Å². The Bertz CT molecular complexity index is 555. The topological polar surface area (TPSA) is 40.6 Å². The molecular weight excluding hydrogens is 356 g/mol. The van der Waals surface area contributed by atoms with Gasteiger partial charge in [0.05, 0.1) is 10.6 Å². The van der Waals surface area contributed by atoms with Crippen molar-refractivity contribution in [2.45, 2.75) is 12.8 Å². The zero-order chi connectivity index (χ0) is 15.6. The zero-order valence-corrected chi connectivity index (χ0v) is 14.4. The summed E-state index contributed by atoms with van der Waals surface area (Å²) in [6, 6.07) is 5.33. The van der Waals surface area contributed by atoms with Gasteiger partial charge in [-0.1, -0.05) is 17.7 Å². The van der Waals surface area contributed by atoms with E-state index in [1.54, 1.807) is 42.1 Å². The van der Waals surface area contributed by atoms with Crippen LogP contribution in [0.25, 0.3) is 0 Å². The highest BCUT2D eigenvalue weighted by atomic mass is 79.9. The molecule has 0 N–H and O–H groups in total. The second-order valence-electron chi connectivity index (χ2n) is 5.40. The van der Waals surface area contributed by atoms with Gasteiger partial charge in [0.25, 0.3) is 5.91 Å². The second kappa shape index (κ2) is 6.79. The number of benzene rings is 1. The quantitative estimate of drug-likeness (QED) is 0.799. The minimum Gasteiger partial charge on any atom is -0.349 e. The number of carbonyl (C=O) groups is 2. The fraction of sp³-hybridized carbons (Fsp3) is 0.467. The van der Waals surface area contributed by atoms with Crippen molar-refractivity contribution in [1.82, 2.24) is 9.80 Å². The van der Waals surface area contributed by atoms with Crippen LogP contribution in [0.2, 0.25) is 5.02 Å². The molecule has 2 rings (SSSR count). The number of nitrogens with zero attached hydrogens (tertiary/aromatic N) is 2. The number of carbonyl (C=O) groups excluding carboxylic acids is 2. The third kappa shape index (κ3) is 3.58. The van der Waals surface area contributed by atoms with Crippen molar-refractivity contribution in [2.75, 3.05) is 27.2 Å². The van der Waals surface area contributed by atoms with Gasteiger partial charge in [0, 0.05) is 37.6 Å². The number of rotatable bonds is 2. The van der Waals surface area contributed by atoms with Gasteiger partial charge in [0.15, 0.2) is 0 Å². The van der Waals surface area contributed by atoms with Crippen molar-refractivity contribution in [1.29, 1.82) is 0 Å². The molecular formula is C15H18BrClN2O2. The van der Waals surface area contributed by atoms with Crippen LogP contribution in [0.1, 0.15) is 23.2 Å². The Hall–Kier alpha value is -1.07. The maximum absolute atomic E-state index is 12.5. The summed E-state index contributed by atoms with van der Waals surface area (Å²) in [5.74, 6) is 0.0849. The minimum absolute atomic E-state index is 0.0158. The molecule has 0 aliphatic carbocycles. The molecule has 0 atom stereocenters. The predicted molar refractivity (Wildman–Crippen MR) is 86.5 cm³/mol. The summed E-state index contributed by atoms with van der Waals surface area (Å²) >= 11 is 9.50. The van der Waals surface area contributed by atoms with E-state index in [0.29, 0.717) is 41.0 Å². The van der Waals surface area contributed by atoms with Gasteiger partial charge in [-0.2, -0.15) is 0 Å². The van der Waals surface area contributed by atoms with Gasteiger partial charge in [-0.15, -0.1) is 0 Å². The Labute approximate surface area is 138 Å². The van der Waals surface area contributed by atoms with Crippen LogP contribution >= 0.6 is 27.5 Å². The summed E-state index contributed by atoms with van der Waals surface area (Å²) in [5, 5.41) is 0.439. The maximum Gasteiger partial charge on any atom is 0.255 e. The lowest BCUT2D eigenvalue weighted by Crippen LogP contribution is -2.42. The van der Waals surface area contributed by atoms with E-state index in [-0.39, 0.29) is 17.7 Å². The van der Waals surface area contributed by atoms with Crippen LogP contribution < -0.4 is 0 Å². The van der Waals surface area contributed by atoms with E-state index < -0.39 is 0 Å². The molecule has 1 saturated heterocycles. The smallest absolute Gasteiger partial charge is 0.255 e. The second-order valence-corrected chi connectivity index (χ2v) is 6.63. The molecule has 0 spiro atoms. The Balaban J connectivity index is 2.04. The van der Waals surface area contributed by atoms with E-state index in [9.17, 15) is 9.59 Å². The summed E-state index contributed by atoms with van der Waals surface area (Å²) < 4.78 is 0.715. The van der Waals surface area contributed by atoms with E-state index >= 15 is 0 Å². The first-order chi connectivity index (χ1) is 9.91. The van der Waals surface area contributed by atoms with Gasteiger partial charge in [-0.3, -0.25) is 9.59 Å². The number of piperidine rings is 1. The van der Waals surface area contributed by atoms with E-state index in [1.807, 2.05) is 0 Å². The average molecular weight is 374 g/mol. The third-order valence-corrected chi connectivity index (χ3v) is 5.05. The molecule has 1 aliphatic heterocycles. The lowest BCUT2D eigenvalue weighted by Gasteiger charge is -2.32. The Morgan fingerprint density at radius 3 is 2.48 bits per heavy atom. The molecule has 0 radical (unpaired) electrons. The van der Waals surface area contributed by atoms with Gasteiger partial charge in [-0.05, 0) is 40.9 Å². The van der Waals surface area contributed by atoms with Crippen LogP contribution in [0.5, 0.6) is 0 Å². The average Bonchev–Trinajstić information content (AvgIpc) is 2.48. The van der Waals surface area contributed by atoms with Crippen molar-refractivity contribution in [3.05, 3.63) is 33.3 Å². The molecule has 2 amide bonds. The highest BCUT2D eigenvalue weighted by Gasteiger charge is 2.29. The van der Waals surface area contributed by atoms with Gasteiger partial charge in [0.2, 0.25) is 5.91 Å². The van der Waals surface area contributed by atoms with Crippen LogP contribution in [0.15, 0.2) is 22.7 Å². The molecule has 1 aromatic carbocycles. The Morgan fingerprint density at radius 1 is 1.29 bits per heavy atom. The zero-order valence-electron chi connectivity index (χ0n) is 12.1. The van der Waals surface area contributed by atoms with Gasteiger partial charge < -0.3 is 9.80 Å². The summed E-state index contributed by atoms with van der Waals surface area (Å²) in [6.07, 6.45) is 1.41. The molecule has 1 aliphatic rings. The first-order valence-electron chi connectivity index (χ1n) is 6.86. The number of halogens is 2. The van der Waals surface area contributed by atoms with Crippen molar-refractivity contribution in [3.8, 4) is 0 Å². The largest absolute Gasteiger partial charge is 0.349 e. The predicted octanol–water partition coefficient (Wildman–Crippen LogP) is 3.04. The Morgan fingerprint density at radius 2 is 1.90 bits per heavy atom. The van der Waals surface area contributed by atoms with E-state index in [4.69, 9.17) is 11.6 Å². The molecule has 4 nitrogen and oxygen atoms in total. The fourth-order valence-electron chi connectivity index (χ4n) is 2.53. The lowest BCUT2D eigenvalue weighted by molar-refractivity contribution is -0.134. The Kier molecular flexibility index (Phi) is 5.27. The van der Waals surface area contributed by atoms with Crippen LogP contribution in [0.4, 0.5) is 0 Å². The maximum atomic E-state index is 12.5. The molecule has 6 heteroatoms. The SMILES string of the molecule is CN(C)C(=O)C1CCN(C(=O)c2cccc(Br)c2Cl)CC1. The number of hydrogen-bond donors (Lipinski definition) is 0. The highest BCUT2D eigenvalue weighted by molar-refractivity contribution is 9.10. The normalized spacial score (nSPS) is 15.9. The molecule has 1 aromatic rings. The highest BCUT2D eigenvalue weighted by Crippen LogP contribution is 2.28. The van der Waals surface area contributed by atoms with Gasteiger partial charge in [-0.25, -0.2) is 0 Å². The first kappa shape index (κ1) is 16.3. The van der Waals surface area contributed by atoms with E-state index in [1.165, 1.54) is 0 Å². The van der Waals surface area contributed by atoms with Gasteiger partial charge >= 0.3 is 0 Å². The van der Waals surface area contributed by atoms with Crippen molar-refractivity contribution in [3.63, 3.8) is 0 Å². The molecule has 1 heterocycles. The van der Waals surface area contributed by atoms with Crippen LogP contribution in [-0.2, 0) is 4.79 Å². The summed E-state index contributed by atoms with van der Waals surface area (Å²) in [6.45, 7) is 1.18. The van der Waals surface area contributed by atoms with E-state index in [0.717, 1.165) is 0 Å². The van der Waals surface area contributed by atoms with Gasteiger partial charge in [0.1, 0.15) is 0 Å². The first-order valence-corrected chi connectivity index (χ1v) is 8.03. The molecule has 0 bridgehead atoms. The van der Waals surface area contributed by atoms with Crippen molar-refractivity contribution < 1.29 is 9.59 Å². The minimum atomic E-state index is -0.0722. The standard InChI is InChI=1S/C15H18BrClN2O2/c1-18(2)14(20)10-6-8-19(9-7-10)15(21)11-4-3-5-12(16)13(11)17/h3-5,10H,6-9H2,1-2H3. The number of hydrogen-bond acceptors (Lipinski definition) is 2. The van der Waals surface area contributed by atoms with Crippen LogP contribution in [0.3, 0.4) is 0 Å². The van der Waals surface area contributed by atoms with Crippen LogP contribution in [0, 0.1) is 5.92 Å². The number of amides is 2. The summed E-state index contributed by atoms with van der Waals surface area (Å²) in [7, 11) is 3.53. The molecule has 0 unspecified atom stereocenters. The van der Waals surface area contributed by atoms with Crippen molar-refractivity contribution in [2.24, 2.45) is 5.92 Å². The molecule has 21 heavy (non-hydrogen) atoms. The summed E-state index contributed by atoms with van der Waals surface area (Å²) in [5.41, 5.74) is 0.503. The molecule has 0 saturated carbocycles. The molecule has 1 fully saturated rings.